The fraction of sp³-hybridized carbons (Fsp3) is 0.500. The Kier molecular flexibility index (Phi) is 5.55. The van der Waals surface area contributed by atoms with E-state index in [-0.39, 0.29) is 6.54 Å². The summed E-state index contributed by atoms with van der Waals surface area (Å²) in [6, 6.07) is 3.14. The molecule has 1 rings (SSSR count). The van der Waals surface area contributed by atoms with Gasteiger partial charge < -0.3 is 5.73 Å². The van der Waals surface area contributed by atoms with Gasteiger partial charge in [0.25, 0.3) is 0 Å². The molecule has 4 nitrogen and oxygen atoms in total. The minimum absolute atomic E-state index is 0.0893. The van der Waals surface area contributed by atoms with Crippen LogP contribution in [0.1, 0.15) is 25.3 Å². The molecule has 114 valence electrons. The van der Waals surface area contributed by atoms with Gasteiger partial charge in [0.1, 0.15) is 0 Å². The summed E-state index contributed by atoms with van der Waals surface area (Å²) in [6.45, 7) is 1.95. The average molecular weight is 310 g/mol. The maximum atomic E-state index is 12.6. The summed E-state index contributed by atoms with van der Waals surface area (Å²) < 4.78 is 64.1. The lowest BCUT2D eigenvalue weighted by molar-refractivity contribution is -0.137. The lowest BCUT2D eigenvalue weighted by Crippen LogP contribution is -2.40. The Labute approximate surface area is 116 Å². The van der Waals surface area contributed by atoms with Gasteiger partial charge in [-0.25, -0.2) is 13.1 Å². The Morgan fingerprint density at radius 2 is 2.00 bits per heavy atom. The SMILES string of the molecule is CCCC(CN)NS(=O)(=O)c1cccc(C(F)(F)F)c1. The lowest BCUT2D eigenvalue weighted by Gasteiger charge is -2.16. The largest absolute Gasteiger partial charge is 0.416 e. The van der Waals surface area contributed by atoms with Gasteiger partial charge in [0.2, 0.25) is 10.0 Å². The van der Waals surface area contributed by atoms with Crippen LogP contribution in [0.4, 0.5) is 13.2 Å². The van der Waals surface area contributed by atoms with Gasteiger partial charge >= 0.3 is 6.18 Å². The highest BCUT2D eigenvalue weighted by atomic mass is 32.2. The van der Waals surface area contributed by atoms with Crippen LogP contribution >= 0.6 is 0 Å². The molecule has 0 radical (unpaired) electrons. The average Bonchev–Trinajstić information content (AvgIpc) is 2.37. The summed E-state index contributed by atoms with van der Waals surface area (Å²) >= 11 is 0. The zero-order valence-corrected chi connectivity index (χ0v) is 11.8. The second kappa shape index (κ2) is 6.55. The van der Waals surface area contributed by atoms with Crippen LogP contribution in [0.15, 0.2) is 29.2 Å². The number of sulfonamides is 1. The van der Waals surface area contributed by atoms with Gasteiger partial charge in [0.15, 0.2) is 0 Å². The number of rotatable bonds is 6. The van der Waals surface area contributed by atoms with Crippen molar-refractivity contribution < 1.29 is 21.6 Å². The predicted molar refractivity (Wildman–Crippen MR) is 69.5 cm³/mol. The van der Waals surface area contributed by atoms with Crippen molar-refractivity contribution in [3.8, 4) is 0 Å². The summed E-state index contributed by atoms with van der Waals surface area (Å²) in [5, 5.41) is 0. The monoisotopic (exact) mass is 310 g/mol. The van der Waals surface area contributed by atoms with E-state index >= 15 is 0 Å². The molecule has 20 heavy (non-hydrogen) atoms. The number of nitrogens with two attached hydrogens (primary N) is 1. The van der Waals surface area contributed by atoms with Crippen molar-refractivity contribution in [1.29, 1.82) is 0 Å². The Hall–Kier alpha value is -1.12. The summed E-state index contributed by atoms with van der Waals surface area (Å²) in [5.74, 6) is 0. The second-order valence-corrected chi connectivity index (χ2v) is 6.08. The quantitative estimate of drug-likeness (QED) is 0.845. The van der Waals surface area contributed by atoms with Crippen LogP contribution in [-0.2, 0) is 16.2 Å². The van der Waals surface area contributed by atoms with Gasteiger partial charge in [-0.05, 0) is 24.6 Å². The molecule has 0 saturated heterocycles. The summed E-state index contributed by atoms with van der Waals surface area (Å²) in [7, 11) is -4.01. The van der Waals surface area contributed by atoms with Gasteiger partial charge in [-0.3, -0.25) is 0 Å². The highest BCUT2D eigenvalue weighted by molar-refractivity contribution is 7.89. The van der Waals surface area contributed by atoms with Crippen LogP contribution in [0.25, 0.3) is 0 Å². The number of hydrogen-bond acceptors (Lipinski definition) is 3. The van der Waals surface area contributed by atoms with Crippen LogP contribution < -0.4 is 10.5 Å². The maximum Gasteiger partial charge on any atom is 0.416 e. The Morgan fingerprint density at radius 1 is 1.35 bits per heavy atom. The van der Waals surface area contributed by atoms with E-state index in [1.54, 1.807) is 0 Å². The van der Waals surface area contributed by atoms with E-state index in [9.17, 15) is 21.6 Å². The van der Waals surface area contributed by atoms with Crippen LogP contribution in [0.2, 0.25) is 0 Å². The lowest BCUT2D eigenvalue weighted by atomic mass is 10.2. The molecule has 0 aliphatic heterocycles. The molecular formula is C12H17F3N2O2S. The van der Waals surface area contributed by atoms with Crippen molar-refractivity contribution in [3.05, 3.63) is 29.8 Å². The Balaban J connectivity index is 3.04. The third kappa shape index (κ3) is 4.46. The molecule has 0 saturated carbocycles. The molecule has 0 aliphatic rings. The molecule has 0 aromatic heterocycles. The van der Waals surface area contributed by atoms with Crippen LogP contribution in [0.3, 0.4) is 0 Å². The maximum absolute atomic E-state index is 12.6. The first-order valence-corrected chi connectivity index (χ1v) is 7.58. The van der Waals surface area contributed by atoms with Crippen LogP contribution in [0, 0.1) is 0 Å². The zero-order chi connectivity index (χ0) is 15.4. The van der Waals surface area contributed by atoms with Crippen molar-refractivity contribution in [2.75, 3.05) is 6.54 Å². The number of halogens is 3. The first-order chi connectivity index (χ1) is 9.20. The van der Waals surface area contributed by atoms with Gasteiger partial charge in [-0.1, -0.05) is 19.4 Å². The minimum atomic E-state index is -4.58. The van der Waals surface area contributed by atoms with E-state index in [0.717, 1.165) is 18.2 Å². The van der Waals surface area contributed by atoms with Crippen molar-refractivity contribution in [2.45, 2.75) is 36.9 Å². The van der Waals surface area contributed by atoms with Gasteiger partial charge in [-0.2, -0.15) is 13.2 Å². The zero-order valence-electron chi connectivity index (χ0n) is 10.9. The van der Waals surface area contributed by atoms with Crippen molar-refractivity contribution in [3.63, 3.8) is 0 Å². The Bertz CT molecular complexity index is 544. The normalized spacial score (nSPS) is 14.2. The van der Waals surface area contributed by atoms with Gasteiger partial charge in [-0.15, -0.1) is 0 Å². The Morgan fingerprint density at radius 3 is 2.50 bits per heavy atom. The molecule has 0 fully saturated rings. The number of hydrogen-bond donors (Lipinski definition) is 2. The summed E-state index contributed by atoms with van der Waals surface area (Å²) in [5.41, 5.74) is 4.44. The fourth-order valence-corrected chi connectivity index (χ4v) is 3.03. The van der Waals surface area contributed by atoms with Crippen molar-refractivity contribution >= 4 is 10.0 Å². The van der Waals surface area contributed by atoms with Gasteiger partial charge in [0, 0.05) is 12.6 Å². The fourth-order valence-electron chi connectivity index (χ4n) is 1.70. The third-order valence-electron chi connectivity index (χ3n) is 2.72. The van der Waals surface area contributed by atoms with E-state index in [4.69, 9.17) is 5.73 Å². The molecule has 3 N–H and O–H groups in total. The molecule has 1 aromatic carbocycles. The van der Waals surface area contributed by atoms with E-state index < -0.39 is 32.7 Å². The first kappa shape index (κ1) is 16.9. The van der Waals surface area contributed by atoms with E-state index in [0.29, 0.717) is 18.9 Å². The molecule has 0 heterocycles. The predicted octanol–water partition coefficient (Wildman–Crippen LogP) is 2.11. The molecule has 0 spiro atoms. The number of benzene rings is 1. The molecule has 0 amide bonds. The first-order valence-electron chi connectivity index (χ1n) is 6.10. The van der Waals surface area contributed by atoms with E-state index in [1.165, 1.54) is 0 Å². The van der Waals surface area contributed by atoms with Crippen molar-refractivity contribution in [1.82, 2.24) is 4.72 Å². The number of nitrogens with one attached hydrogen (secondary N) is 1. The van der Waals surface area contributed by atoms with Gasteiger partial charge in [0.05, 0.1) is 10.5 Å². The topological polar surface area (TPSA) is 72.2 Å². The highest BCUT2D eigenvalue weighted by Crippen LogP contribution is 2.30. The molecule has 1 unspecified atom stereocenters. The smallest absolute Gasteiger partial charge is 0.329 e. The standard InChI is InChI=1S/C12H17F3N2O2S/c1-2-4-10(8-16)17-20(18,19)11-6-3-5-9(7-11)12(13,14)15/h3,5-7,10,17H,2,4,8,16H2,1H3. The molecular weight excluding hydrogens is 293 g/mol. The number of alkyl halides is 3. The third-order valence-corrected chi connectivity index (χ3v) is 4.23. The molecule has 8 heteroatoms. The molecule has 0 bridgehead atoms. The molecule has 0 aliphatic carbocycles. The minimum Gasteiger partial charge on any atom is -0.329 e. The molecule has 1 aromatic rings. The van der Waals surface area contributed by atoms with E-state index in [1.807, 2.05) is 6.92 Å². The second-order valence-electron chi connectivity index (χ2n) is 4.37. The highest BCUT2D eigenvalue weighted by Gasteiger charge is 2.31. The van der Waals surface area contributed by atoms with Crippen LogP contribution in [0.5, 0.6) is 0 Å². The summed E-state index contributed by atoms with van der Waals surface area (Å²) in [4.78, 5) is -0.415. The van der Waals surface area contributed by atoms with E-state index in [2.05, 4.69) is 4.72 Å². The van der Waals surface area contributed by atoms with Crippen LogP contribution in [-0.4, -0.2) is 21.0 Å². The molecule has 1 atom stereocenters. The van der Waals surface area contributed by atoms with Crippen molar-refractivity contribution in [2.24, 2.45) is 5.73 Å². The summed E-state index contributed by atoms with van der Waals surface area (Å²) in [6.07, 6.45) is -3.34.